The van der Waals surface area contributed by atoms with E-state index in [1.54, 1.807) is 0 Å². The molecule has 2 heterocycles. The monoisotopic (exact) mass is 198 g/mol. The number of piperidine rings is 1. The van der Waals surface area contributed by atoms with Gasteiger partial charge in [0.25, 0.3) is 0 Å². The van der Waals surface area contributed by atoms with Gasteiger partial charge >= 0.3 is 5.97 Å². The van der Waals surface area contributed by atoms with E-state index in [-0.39, 0.29) is 5.92 Å². The average Bonchev–Trinajstić information content (AvgIpc) is 2.12. The van der Waals surface area contributed by atoms with Gasteiger partial charge in [0.2, 0.25) is 0 Å². The summed E-state index contributed by atoms with van der Waals surface area (Å²) in [6.45, 7) is 3.74. The van der Waals surface area contributed by atoms with E-state index >= 15 is 0 Å². The number of carbonyl (C=O) groups is 1. The van der Waals surface area contributed by atoms with Crippen LogP contribution in [0.1, 0.15) is 12.8 Å². The van der Waals surface area contributed by atoms with Gasteiger partial charge in [-0.25, -0.2) is 0 Å². The van der Waals surface area contributed by atoms with Crippen LogP contribution in [-0.2, 0) is 4.79 Å². The maximum Gasteiger partial charge on any atom is 0.307 e. The van der Waals surface area contributed by atoms with Crippen molar-refractivity contribution >= 4 is 5.97 Å². The van der Waals surface area contributed by atoms with Crippen LogP contribution < -0.4 is 10.6 Å². The van der Waals surface area contributed by atoms with Crippen LogP contribution in [0.25, 0.3) is 0 Å². The lowest BCUT2D eigenvalue weighted by Gasteiger charge is -2.38. The number of carboxylic acid groups (broad SMARTS) is 1. The molecule has 0 bridgehead atoms. The van der Waals surface area contributed by atoms with Crippen LogP contribution in [0.4, 0.5) is 0 Å². The Labute approximate surface area is 84.1 Å². The molecule has 2 aliphatic heterocycles. The standard InChI is InChI=1S/C10H18N2O2/c13-10(14)9(8-5-12-6-8)7-1-3-11-4-2-7/h7-9,11-12H,1-6H2,(H,13,14). The van der Waals surface area contributed by atoms with Crippen molar-refractivity contribution in [2.45, 2.75) is 12.8 Å². The molecule has 2 saturated heterocycles. The summed E-state index contributed by atoms with van der Waals surface area (Å²) in [4.78, 5) is 11.2. The summed E-state index contributed by atoms with van der Waals surface area (Å²) in [5, 5.41) is 15.6. The van der Waals surface area contributed by atoms with E-state index in [1.807, 2.05) is 0 Å². The van der Waals surface area contributed by atoms with E-state index in [2.05, 4.69) is 10.6 Å². The maximum absolute atomic E-state index is 11.2. The largest absolute Gasteiger partial charge is 0.481 e. The number of hydrogen-bond donors (Lipinski definition) is 3. The predicted octanol–water partition coefficient (Wildman–Crippen LogP) is -0.0938. The van der Waals surface area contributed by atoms with Crippen molar-refractivity contribution in [3.63, 3.8) is 0 Å². The smallest absolute Gasteiger partial charge is 0.307 e. The molecule has 0 aromatic carbocycles. The highest BCUT2D eigenvalue weighted by atomic mass is 16.4. The highest BCUT2D eigenvalue weighted by Gasteiger charge is 2.38. The molecule has 0 spiro atoms. The molecule has 4 heteroatoms. The molecule has 2 rings (SSSR count). The van der Waals surface area contributed by atoms with E-state index in [9.17, 15) is 9.90 Å². The van der Waals surface area contributed by atoms with Gasteiger partial charge in [-0.3, -0.25) is 4.79 Å². The third kappa shape index (κ3) is 1.91. The van der Waals surface area contributed by atoms with E-state index in [1.165, 1.54) is 0 Å². The van der Waals surface area contributed by atoms with Gasteiger partial charge in [0, 0.05) is 13.1 Å². The lowest BCUT2D eigenvalue weighted by molar-refractivity contribution is -0.147. The molecule has 4 nitrogen and oxygen atoms in total. The molecule has 1 unspecified atom stereocenters. The molecule has 3 N–H and O–H groups in total. The first-order valence-electron chi connectivity index (χ1n) is 5.43. The Kier molecular flexibility index (Phi) is 3.03. The minimum Gasteiger partial charge on any atom is -0.481 e. The quantitative estimate of drug-likeness (QED) is 0.593. The fourth-order valence-electron chi connectivity index (χ4n) is 2.56. The summed E-state index contributed by atoms with van der Waals surface area (Å²) in [5.41, 5.74) is 0. The van der Waals surface area contributed by atoms with Gasteiger partial charge in [-0.1, -0.05) is 0 Å². The van der Waals surface area contributed by atoms with Gasteiger partial charge in [-0.15, -0.1) is 0 Å². The summed E-state index contributed by atoms with van der Waals surface area (Å²) in [5.74, 6) is 0.0539. The van der Waals surface area contributed by atoms with Gasteiger partial charge in [-0.2, -0.15) is 0 Å². The van der Waals surface area contributed by atoms with Crippen LogP contribution in [0.3, 0.4) is 0 Å². The zero-order valence-electron chi connectivity index (χ0n) is 8.33. The van der Waals surface area contributed by atoms with Gasteiger partial charge in [0.05, 0.1) is 5.92 Å². The van der Waals surface area contributed by atoms with Crippen molar-refractivity contribution in [3.8, 4) is 0 Å². The molecular weight excluding hydrogens is 180 g/mol. The molecule has 1 atom stereocenters. The third-order valence-corrected chi connectivity index (χ3v) is 3.50. The summed E-state index contributed by atoms with van der Waals surface area (Å²) >= 11 is 0. The fraction of sp³-hybridized carbons (Fsp3) is 0.900. The van der Waals surface area contributed by atoms with Crippen molar-refractivity contribution in [2.75, 3.05) is 26.2 Å². The molecule has 14 heavy (non-hydrogen) atoms. The lowest BCUT2D eigenvalue weighted by Crippen LogP contribution is -2.51. The molecular formula is C10H18N2O2. The first kappa shape index (κ1) is 9.93. The number of hydrogen-bond acceptors (Lipinski definition) is 3. The van der Waals surface area contributed by atoms with Gasteiger partial charge < -0.3 is 15.7 Å². The summed E-state index contributed by atoms with van der Waals surface area (Å²) < 4.78 is 0. The molecule has 2 fully saturated rings. The molecule has 2 aliphatic rings. The van der Waals surface area contributed by atoms with Crippen LogP contribution in [0.2, 0.25) is 0 Å². The second kappa shape index (κ2) is 4.28. The van der Waals surface area contributed by atoms with E-state index in [0.717, 1.165) is 39.0 Å². The summed E-state index contributed by atoms with van der Waals surface area (Å²) in [6, 6.07) is 0. The molecule has 0 amide bonds. The Morgan fingerprint density at radius 1 is 1.14 bits per heavy atom. The van der Waals surface area contributed by atoms with Crippen molar-refractivity contribution in [1.82, 2.24) is 10.6 Å². The first-order chi connectivity index (χ1) is 6.79. The Bertz CT molecular complexity index is 210. The Morgan fingerprint density at radius 3 is 2.21 bits per heavy atom. The number of aliphatic carboxylic acids is 1. The first-order valence-corrected chi connectivity index (χ1v) is 5.43. The predicted molar refractivity (Wildman–Crippen MR) is 53.1 cm³/mol. The van der Waals surface area contributed by atoms with Crippen molar-refractivity contribution < 1.29 is 9.90 Å². The van der Waals surface area contributed by atoms with Crippen LogP contribution in [0, 0.1) is 17.8 Å². The molecule has 0 saturated carbocycles. The Balaban J connectivity index is 1.97. The van der Waals surface area contributed by atoms with Crippen molar-refractivity contribution in [1.29, 1.82) is 0 Å². The van der Waals surface area contributed by atoms with E-state index in [0.29, 0.717) is 11.8 Å². The van der Waals surface area contributed by atoms with Crippen molar-refractivity contribution in [3.05, 3.63) is 0 Å². The minimum atomic E-state index is -0.594. The zero-order chi connectivity index (χ0) is 9.97. The molecule has 0 aromatic heterocycles. The molecule has 0 radical (unpaired) electrons. The minimum absolute atomic E-state index is 0.113. The topological polar surface area (TPSA) is 61.4 Å². The van der Waals surface area contributed by atoms with Crippen molar-refractivity contribution in [2.24, 2.45) is 17.8 Å². The fourth-order valence-corrected chi connectivity index (χ4v) is 2.56. The highest BCUT2D eigenvalue weighted by Crippen LogP contribution is 2.30. The van der Waals surface area contributed by atoms with E-state index < -0.39 is 5.97 Å². The summed E-state index contributed by atoms with van der Waals surface area (Å²) in [7, 11) is 0. The SMILES string of the molecule is O=C(O)C(C1CCNCC1)C1CNC1. The average molecular weight is 198 g/mol. The van der Waals surface area contributed by atoms with Gasteiger partial charge in [0.1, 0.15) is 0 Å². The van der Waals surface area contributed by atoms with Crippen LogP contribution >= 0.6 is 0 Å². The van der Waals surface area contributed by atoms with E-state index in [4.69, 9.17) is 0 Å². The van der Waals surface area contributed by atoms with Crippen LogP contribution in [0.5, 0.6) is 0 Å². The number of nitrogens with one attached hydrogen (secondary N) is 2. The third-order valence-electron chi connectivity index (χ3n) is 3.50. The molecule has 0 aromatic rings. The highest BCUT2D eigenvalue weighted by molar-refractivity contribution is 5.71. The second-order valence-corrected chi connectivity index (χ2v) is 4.37. The molecule has 0 aliphatic carbocycles. The maximum atomic E-state index is 11.2. The normalized spacial score (nSPS) is 26.9. The second-order valence-electron chi connectivity index (χ2n) is 4.37. The van der Waals surface area contributed by atoms with Gasteiger partial charge in [-0.05, 0) is 37.8 Å². The van der Waals surface area contributed by atoms with Gasteiger partial charge in [0.15, 0.2) is 0 Å². The van der Waals surface area contributed by atoms with Crippen LogP contribution in [-0.4, -0.2) is 37.3 Å². The number of rotatable bonds is 3. The lowest BCUT2D eigenvalue weighted by atomic mass is 9.74. The zero-order valence-corrected chi connectivity index (χ0v) is 8.33. The Morgan fingerprint density at radius 2 is 1.79 bits per heavy atom. The Hall–Kier alpha value is -0.610. The summed E-state index contributed by atoms with van der Waals surface area (Å²) in [6.07, 6.45) is 2.04. The number of carboxylic acids is 1. The van der Waals surface area contributed by atoms with Crippen LogP contribution in [0.15, 0.2) is 0 Å². The molecule has 80 valence electrons.